The molecule has 2 N–H and O–H groups in total. The van der Waals surface area contributed by atoms with Crippen LogP contribution in [0, 0.1) is 13.8 Å². The highest BCUT2D eigenvalue weighted by Crippen LogP contribution is 2.35. The van der Waals surface area contributed by atoms with Gasteiger partial charge in [0.15, 0.2) is 0 Å². The van der Waals surface area contributed by atoms with Crippen LogP contribution in [-0.4, -0.2) is 15.0 Å². The van der Waals surface area contributed by atoms with Crippen LogP contribution in [0.5, 0.6) is 0 Å². The molecule has 5 aromatic carbocycles. The first-order valence-corrected chi connectivity index (χ1v) is 14.7. The van der Waals surface area contributed by atoms with Crippen LogP contribution < -0.4 is 15.5 Å². The molecule has 0 saturated heterocycles. The largest absolute Gasteiger partial charge is 0.324 e. The number of nitrogens with one attached hydrogen (secondary N) is 2. The maximum absolute atomic E-state index is 6.15. The highest BCUT2D eigenvalue weighted by atomic mass is 35.5. The average molecular weight is 595 g/mol. The van der Waals surface area contributed by atoms with Crippen LogP contribution in [-0.2, 0) is 0 Å². The first kappa shape index (κ1) is 28.6. The maximum Gasteiger partial charge on any atom is 0.233 e. The van der Waals surface area contributed by atoms with Crippen LogP contribution in [0.3, 0.4) is 0 Å². The lowest BCUT2D eigenvalue weighted by atomic mass is 10.1. The van der Waals surface area contributed by atoms with Gasteiger partial charge in [0.25, 0.3) is 0 Å². The first-order valence-electron chi connectivity index (χ1n) is 14.3. The van der Waals surface area contributed by atoms with E-state index in [9.17, 15) is 0 Å². The Morgan fingerprint density at radius 2 is 0.909 bits per heavy atom. The van der Waals surface area contributed by atoms with Gasteiger partial charge in [0.05, 0.1) is 0 Å². The molecule has 6 nitrogen and oxygen atoms in total. The number of para-hydroxylation sites is 1. The molecule has 44 heavy (non-hydrogen) atoms. The number of nitrogens with zero attached hydrogens (tertiary/aromatic N) is 4. The van der Waals surface area contributed by atoms with Gasteiger partial charge in [-0.3, -0.25) is 0 Å². The SMILES string of the molecule is Cc1ccc(N(c2ccc(C)cc2)c2ccc(/C=C/c3ccc(Nc4nc(Cl)nc(Nc5ccccc5)n4)cc3)cc2)cc1. The highest BCUT2D eigenvalue weighted by molar-refractivity contribution is 6.28. The lowest BCUT2D eigenvalue weighted by Crippen LogP contribution is -2.09. The molecule has 7 heteroatoms. The van der Waals surface area contributed by atoms with Crippen LogP contribution in [0.1, 0.15) is 22.3 Å². The van der Waals surface area contributed by atoms with Gasteiger partial charge in [-0.25, -0.2) is 0 Å². The Labute approximate surface area is 262 Å². The average Bonchev–Trinajstić information content (AvgIpc) is 3.03. The number of aryl methyl sites for hydroxylation is 2. The Bertz CT molecular complexity index is 1810. The van der Waals surface area contributed by atoms with Crippen molar-refractivity contribution in [3.8, 4) is 0 Å². The van der Waals surface area contributed by atoms with Gasteiger partial charge < -0.3 is 15.5 Å². The van der Waals surface area contributed by atoms with Gasteiger partial charge in [0.2, 0.25) is 17.2 Å². The highest BCUT2D eigenvalue weighted by Gasteiger charge is 2.12. The van der Waals surface area contributed by atoms with Crippen LogP contribution in [0.25, 0.3) is 12.2 Å². The van der Waals surface area contributed by atoms with Crippen molar-refractivity contribution in [3.05, 3.63) is 155 Å². The van der Waals surface area contributed by atoms with Gasteiger partial charge in [-0.15, -0.1) is 0 Å². The molecule has 0 aliphatic rings. The van der Waals surface area contributed by atoms with Gasteiger partial charge in [0, 0.05) is 28.4 Å². The minimum atomic E-state index is 0.104. The van der Waals surface area contributed by atoms with Gasteiger partial charge >= 0.3 is 0 Å². The van der Waals surface area contributed by atoms with Gasteiger partial charge in [0.1, 0.15) is 0 Å². The smallest absolute Gasteiger partial charge is 0.233 e. The monoisotopic (exact) mass is 594 g/mol. The van der Waals surface area contributed by atoms with E-state index in [0.717, 1.165) is 39.6 Å². The van der Waals surface area contributed by atoms with Gasteiger partial charge in [-0.05, 0) is 97.2 Å². The molecule has 1 aromatic heterocycles. The van der Waals surface area contributed by atoms with E-state index < -0.39 is 0 Å². The maximum atomic E-state index is 6.15. The number of benzene rings is 5. The molecule has 0 amide bonds. The second-order valence-corrected chi connectivity index (χ2v) is 10.8. The lowest BCUT2D eigenvalue weighted by Gasteiger charge is -2.25. The fourth-order valence-electron chi connectivity index (χ4n) is 4.68. The zero-order valence-corrected chi connectivity index (χ0v) is 25.2. The molecule has 0 spiro atoms. The minimum Gasteiger partial charge on any atom is -0.324 e. The molecule has 6 aromatic rings. The molecule has 0 unspecified atom stereocenters. The fourth-order valence-corrected chi connectivity index (χ4v) is 4.84. The lowest BCUT2D eigenvalue weighted by molar-refractivity contribution is 1.06. The second-order valence-electron chi connectivity index (χ2n) is 10.4. The Morgan fingerprint density at radius 1 is 0.500 bits per heavy atom. The van der Waals surface area contributed by atoms with Crippen molar-refractivity contribution in [1.82, 2.24) is 15.0 Å². The summed E-state index contributed by atoms with van der Waals surface area (Å²) in [5, 5.41) is 6.45. The van der Waals surface area contributed by atoms with E-state index in [1.807, 2.05) is 54.6 Å². The second kappa shape index (κ2) is 13.2. The molecule has 0 aliphatic heterocycles. The molecule has 1 heterocycles. The summed E-state index contributed by atoms with van der Waals surface area (Å²) in [5.41, 5.74) is 9.71. The molecule has 6 rings (SSSR count). The number of hydrogen-bond donors (Lipinski definition) is 2. The first-order chi connectivity index (χ1) is 21.5. The summed E-state index contributed by atoms with van der Waals surface area (Å²) in [6.45, 7) is 4.22. The molecule has 0 aliphatic carbocycles. The Hall–Kier alpha value is -5.46. The van der Waals surface area contributed by atoms with Gasteiger partial charge in [-0.2, -0.15) is 15.0 Å². The van der Waals surface area contributed by atoms with Crippen molar-refractivity contribution in [2.24, 2.45) is 0 Å². The molecular formula is C37H31ClN6. The Kier molecular flexibility index (Phi) is 8.62. The third kappa shape index (κ3) is 7.30. The minimum absolute atomic E-state index is 0.104. The standard InChI is InChI=1S/C37H31ClN6/c1-26-8-20-32(21-9-26)44(33-22-10-27(2)11-23-33)34-24-16-29(17-25-34)13-12-28-14-18-31(19-15-28)40-37-42-35(38)41-36(43-37)39-30-6-4-3-5-7-30/h3-25H,1-2H3,(H2,39,40,41,42,43)/b13-12+. The molecule has 0 atom stereocenters. The number of anilines is 7. The Balaban J connectivity index is 1.14. The van der Waals surface area contributed by atoms with E-state index in [2.05, 4.69) is 129 Å². The topological polar surface area (TPSA) is 66.0 Å². The van der Waals surface area contributed by atoms with Crippen LogP contribution in [0.15, 0.2) is 127 Å². The molecule has 0 radical (unpaired) electrons. The number of rotatable bonds is 9. The zero-order valence-electron chi connectivity index (χ0n) is 24.4. The normalized spacial score (nSPS) is 11.0. The fraction of sp³-hybridized carbons (Fsp3) is 0.0541. The van der Waals surface area contributed by atoms with Crippen LogP contribution in [0.4, 0.5) is 40.3 Å². The summed E-state index contributed by atoms with van der Waals surface area (Å²) in [6, 6.07) is 43.5. The molecule has 0 fully saturated rings. The van der Waals surface area contributed by atoms with E-state index in [1.165, 1.54) is 11.1 Å². The van der Waals surface area contributed by atoms with Crippen LogP contribution in [0.2, 0.25) is 5.28 Å². The third-order valence-electron chi connectivity index (χ3n) is 7.01. The molecule has 0 saturated carbocycles. The predicted molar refractivity (Wildman–Crippen MR) is 184 cm³/mol. The van der Waals surface area contributed by atoms with Gasteiger partial charge in [-0.1, -0.05) is 90.0 Å². The summed E-state index contributed by atoms with van der Waals surface area (Å²) in [6.07, 6.45) is 4.21. The summed E-state index contributed by atoms with van der Waals surface area (Å²) in [5.74, 6) is 0.724. The summed E-state index contributed by atoms with van der Waals surface area (Å²) in [7, 11) is 0. The zero-order chi connectivity index (χ0) is 30.3. The van der Waals surface area contributed by atoms with Crippen molar-refractivity contribution in [3.63, 3.8) is 0 Å². The molecule has 216 valence electrons. The van der Waals surface area contributed by atoms with E-state index in [4.69, 9.17) is 11.6 Å². The molecular weight excluding hydrogens is 564 g/mol. The summed E-state index contributed by atoms with van der Waals surface area (Å²) >= 11 is 6.15. The number of halogens is 1. The van der Waals surface area contributed by atoms with Crippen molar-refractivity contribution >= 4 is 64.1 Å². The van der Waals surface area contributed by atoms with E-state index in [-0.39, 0.29) is 5.28 Å². The van der Waals surface area contributed by atoms with Crippen molar-refractivity contribution in [1.29, 1.82) is 0 Å². The summed E-state index contributed by atoms with van der Waals surface area (Å²) < 4.78 is 0. The predicted octanol–water partition coefficient (Wildman–Crippen LogP) is 10.3. The summed E-state index contributed by atoms with van der Waals surface area (Å²) in [4.78, 5) is 15.1. The number of hydrogen-bond acceptors (Lipinski definition) is 6. The van der Waals surface area contributed by atoms with E-state index >= 15 is 0 Å². The van der Waals surface area contributed by atoms with Crippen LogP contribution >= 0.6 is 11.6 Å². The van der Waals surface area contributed by atoms with E-state index in [0.29, 0.717) is 11.9 Å². The van der Waals surface area contributed by atoms with E-state index in [1.54, 1.807) is 0 Å². The quantitative estimate of drug-likeness (QED) is 0.162. The number of aromatic nitrogens is 3. The van der Waals surface area contributed by atoms with Crippen molar-refractivity contribution < 1.29 is 0 Å². The Morgan fingerprint density at radius 3 is 1.39 bits per heavy atom. The molecule has 0 bridgehead atoms. The van der Waals surface area contributed by atoms with Crippen molar-refractivity contribution in [2.45, 2.75) is 13.8 Å². The van der Waals surface area contributed by atoms with Crippen molar-refractivity contribution in [2.75, 3.05) is 15.5 Å². The third-order valence-corrected chi connectivity index (χ3v) is 7.18.